The molecule has 0 saturated carbocycles. The number of anilines is 1. The molecule has 0 spiro atoms. The third kappa shape index (κ3) is 4.40. The van der Waals surface area contributed by atoms with E-state index in [2.05, 4.69) is 15.2 Å². The number of aromatic hydroxyl groups is 1. The van der Waals surface area contributed by atoms with Crippen LogP contribution in [-0.4, -0.2) is 70.8 Å². The number of aromatic nitrogens is 2. The molecule has 2 bridgehead atoms. The van der Waals surface area contributed by atoms with Gasteiger partial charge in [0.05, 0.1) is 6.54 Å². The number of piperazine rings is 1. The zero-order chi connectivity index (χ0) is 26.5. The van der Waals surface area contributed by atoms with Crippen molar-refractivity contribution in [2.75, 3.05) is 37.7 Å². The minimum atomic E-state index is -0.482. The molecule has 0 radical (unpaired) electrons. The fourth-order valence-electron chi connectivity index (χ4n) is 6.31. The second kappa shape index (κ2) is 9.64. The van der Waals surface area contributed by atoms with Crippen molar-refractivity contribution in [3.05, 3.63) is 54.3 Å². The van der Waals surface area contributed by atoms with Gasteiger partial charge in [0.2, 0.25) is 5.91 Å². The summed E-state index contributed by atoms with van der Waals surface area (Å²) in [7, 11) is 0. The van der Waals surface area contributed by atoms with E-state index in [1.165, 1.54) is 0 Å². The molecule has 2 atom stereocenters. The molecule has 4 aromatic rings. The molecule has 3 aromatic carbocycles. The second-order valence-electron chi connectivity index (χ2n) is 10.7. The van der Waals surface area contributed by atoms with E-state index in [0.29, 0.717) is 47.4 Å². The summed E-state index contributed by atoms with van der Waals surface area (Å²) in [5.74, 6) is 0.383. The van der Waals surface area contributed by atoms with Crippen LogP contribution in [-0.2, 0) is 4.79 Å². The number of ether oxygens (including phenoxy) is 1. The van der Waals surface area contributed by atoms with E-state index >= 15 is 4.39 Å². The van der Waals surface area contributed by atoms with Crippen LogP contribution in [0.1, 0.15) is 25.7 Å². The zero-order valence-corrected chi connectivity index (χ0v) is 21.6. The zero-order valence-electron chi connectivity index (χ0n) is 21.6. The number of fused-ring (bicyclic) bond motifs is 4. The number of nitrogens with zero attached hydrogens (tertiary/aromatic N) is 4. The first-order valence-electron chi connectivity index (χ1n) is 13.7. The number of halogens is 1. The van der Waals surface area contributed by atoms with Gasteiger partial charge in [-0.1, -0.05) is 30.3 Å². The van der Waals surface area contributed by atoms with Crippen LogP contribution in [0.5, 0.6) is 11.8 Å². The number of nitrogens with one attached hydrogen (secondary N) is 1. The Morgan fingerprint density at radius 2 is 1.85 bits per heavy atom. The molecule has 1 amide bonds. The molecule has 3 aliphatic heterocycles. The molecule has 4 heterocycles. The van der Waals surface area contributed by atoms with Crippen molar-refractivity contribution in [1.82, 2.24) is 20.2 Å². The van der Waals surface area contributed by atoms with Crippen LogP contribution in [0.15, 0.2) is 48.5 Å². The van der Waals surface area contributed by atoms with E-state index < -0.39 is 5.82 Å². The molecular weight excluding hydrogens is 497 g/mol. The van der Waals surface area contributed by atoms with E-state index in [4.69, 9.17) is 9.72 Å². The molecule has 39 heavy (non-hydrogen) atoms. The molecule has 3 aliphatic rings. The third-order valence-electron chi connectivity index (χ3n) is 8.18. The topological polar surface area (TPSA) is 90.8 Å². The Bertz CT molecular complexity index is 1580. The van der Waals surface area contributed by atoms with Crippen molar-refractivity contribution in [2.45, 2.75) is 37.8 Å². The SMILES string of the molecule is O=C1CCCN1CCOc1nc(N2C[C@H]3CC[C@@H](C2)N3)c2ccc(-c3cc(O)cc4ccccc34)c(F)c2n1. The molecule has 3 saturated heterocycles. The summed E-state index contributed by atoms with van der Waals surface area (Å²) in [5.41, 5.74) is 1.14. The highest BCUT2D eigenvalue weighted by Crippen LogP contribution is 2.38. The molecule has 1 aromatic heterocycles. The quantitative estimate of drug-likeness (QED) is 0.388. The number of amides is 1. The lowest BCUT2D eigenvalue weighted by Gasteiger charge is -2.34. The molecule has 8 nitrogen and oxygen atoms in total. The van der Waals surface area contributed by atoms with Gasteiger partial charge in [0, 0.05) is 49.1 Å². The normalized spacial score (nSPS) is 20.9. The predicted molar refractivity (Wildman–Crippen MR) is 148 cm³/mol. The molecule has 0 unspecified atom stereocenters. The van der Waals surface area contributed by atoms with Crippen molar-refractivity contribution in [1.29, 1.82) is 0 Å². The number of hydrogen-bond donors (Lipinski definition) is 2. The largest absolute Gasteiger partial charge is 0.508 e. The first-order valence-corrected chi connectivity index (χ1v) is 13.7. The first-order chi connectivity index (χ1) is 19.0. The minimum absolute atomic E-state index is 0.0725. The smallest absolute Gasteiger partial charge is 0.319 e. The summed E-state index contributed by atoms with van der Waals surface area (Å²) in [6.07, 6.45) is 3.65. The maximum Gasteiger partial charge on any atom is 0.319 e. The fraction of sp³-hybridized carbons (Fsp3) is 0.367. The number of carbonyl (C=O) groups excluding carboxylic acids is 1. The summed E-state index contributed by atoms with van der Waals surface area (Å²) in [6, 6.07) is 15.4. The standard InChI is InChI=1S/C30H30FN5O3/c31-27-23(25-15-21(37)14-18-4-1-2-5-22(18)25)9-10-24-28(27)33-30(39-13-12-35-11-3-6-26(35)38)34-29(24)36-16-19-7-8-20(17-36)32-19/h1-2,4-5,9-10,14-15,19-20,32,37H,3,6-8,11-13,16-17H2/t19-,20+. The molecular formula is C30H30FN5O3. The molecule has 0 aliphatic carbocycles. The van der Waals surface area contributed by atoms with E-state index in [-0.39, 0.29) is 29.8 Å². The maximum absolute atomic E-state index is 16.4. The third-order valence-corrected chi connectivity index (χ3v) is 8.18. The van der Waals surface area contributed by atoms with Crippen LogP contribution in [0.4, 0.5) is 10.2 Å². The lowest BCUT2D eigenvalue weighted by Crippen LogP contribution is -2.51. The van der Waals surface area contributed by atoms with Gasteiger partial charge in [0.1, 0.15) is 23.7 Å². The van der Waals surface area contributed by atoms with E-state index in [1.807, 2.05) is 30.3 Å². The predicted octanol–water partition coefficient (Wildman–Crippen LogP) is 4.24. The van der Waals surface area contributed by atoms with Gasteiger partial charge in [-0.3, -0.25) is 4.79 Å². The van der Waals surface area contributed by atoms with E-state index in [0.717, 1.165) is 49.7 Å². The minimum Gasteiger partial charge on any atom is -0.508 e. The number of phenols is 1. The van der Waals surface area contributed by atoms with Crippen LogP contribution in [0.2, 0.25) is 0 Å². The fourth-order valence-corrected chi connectivity index (χ4v) is 6.31. The van der Waals surface area contributed by atoms with Gasteiger partial charge in [0.15, 0.2) is 5.82 Å². The van der Waals surface area contributed by atoms with Crippen LogP contribution >= 0.6 is 0 Å². The van der Waals surface area contributed by atoms with Crippen molar-refractivity contribution in [2.24, 2.45) is 0 Å². The number of hydrogen-bond acceptors (Lipinski definition) is 7. The monoisotopic (exact) mass is 527 g/mol. The van der Waals surface area contributed by atoms with Gasteiger partial charge in [0.25, 0.3) is 0 Å². The molecule has 7 rings (SSSR count). The van der Waals surface area contributed by atoms with Crippen molar-refractivity contribution in [3.63, 3.8) is 0 Å². The summed E-state index contributed by atoms with van der Waals surface area (Å²) >= 11 is 0. The summed E-state index contributed by atoms with van der Waals surface area (Å²) in [5, 5.41) is 16.3. The first kappa shape index (κ1) is 24.1. The number of benzene rings is 3. The Labute approximate surface area is 225 Å². The van der Waals surface area contributed by atoms with Crippen molar-refractivity contribution in [3.8, 4) is 22.9 Å². The van der Waals surface area contributed by atoms with Gasteiger partial charge in [-0.2, -0.15) is 9.97 Å². The highest BCUT2D eigenvalue weighted by Gasteiger charge is 2.34. The Morgan fingerprint density at radius 1 is 1.03 bits per heavy atom. The van der Waals surface area contributed by atoms with Crippen LogP contribution in [0.3, 0.4) is 0 Å². The van der Waals surface area contributed by atoms with Gasteiger partial charge >= 0.3 is 6.01 Å². The van der Waals surface area contributed by atoms with E-state index in [1.54, 1.807) is 23.1 Å². The van der Waals surface area contributed by atoms with Gasteiger partial charge in [-0.15, -0.1) is 0 Å². The average Bonchev–Trinajstić information content (AvgIpc) is 3.51. The Balaban J connectivity index is 1.32. The number of carbonyl (C=O) groups is 1. The number of rotatable bonds is 6. The van der Waals surface area contributed by atoms with Crippen molar-refractivity contribution >= 4 is 33.4 Å². The Morgan fingerprint density at radius 3 is 2.64 bits per heavy atom. The van der Waals surface area contributed by atoms with E-state index in [9.17, 15) is 9.90 Å². The Hall–Kier alpha value is -3.98. The van der Waals surface area contributed by atoms with Gasteiger partial charge in [-0.25, -0.2) is 4.39 Å². The highest BCUT2D eigenvalue weighted by atomic mass is 19.1. The Kier molecular flexibility index (Phi) is 5.96. The van der Waals surface area contributed by atoms with Crippen LogP contribution in [0.25, 0.3) is 32.8 Å². The lowest BCUT2D eigenvalue weighted by atomic mass is 9.96. The van der Waals surface area contributed by atoms with Gasteiger partial charge < -0.3 is 25.0 Å². The molecule has 200 valence electrons. The molecule has 2 N–H and O–H groups in total. The second-order valence-corrected chi connectivity index (χ2v) is 10.7. The molecule has 3 fully saturated rings. The van der Waals surface area contributed by atoms with Crippen LogP contribution in [0, 0.1) is 5.82 Å². The summed E-state index contributed by atoms with van der Waals surface area (Å²) in [4.78, 5) is 25.3. The summed E-state index contributed by atoms with van der Waals surface area (Å²) < 4.78 is 22.4. The highest BCUT2D eigenvalue weighted by molar-refractivity contribution is 6.01. The van der Waals surface area contributed by atoms with Crippen LogP contribution < -0.4 is 15.0 Å². The molecule has 9 heteroatoms. The average molecular weight is 528 g/mol. The number of likely N-dealkylation sites (tertiary alicyclic amines) is 1. The van der Waals surface area contributed by atoms with Crippen molar-refractivity contribution < 1.29 is 19.0 Å². The number of phenolic OH excluding ortho intramolecular Hbond substituents is 1. The lowest BCUT2D eigenvalue weighted by molar-refractivity contribution is -0.128. The maximum atomic E-state index is 16.4. The van der Waals surface area contributed by atoms with Gasteiger partial charge in [-0.05, 0) is 53.8 Å². The summed E-state index contributed by atoms with van der Waals surface area (Å²) in [6.45, 7) is 2.98.